The minimum Gasteiger partial charge on any atom is -0.484 e. The van der Waals surface area contributed by atoms with E-state index in [1.54, 1.807) is 35.6 Å². The van der Waals surface area contributed by atoms with E-state index in [0.29, 0.717) is 24.6 Å². The van der Waals surface area contributed by atoms with Gasteiger partial charge in [0.15, 0.2) is 6.61 Å². The minimum atomic E-state index is -0.254. The number of amides is 2. The van der Waals surface area contributed by atoms with Gasteiger partial charge in [0, 0.05) is 30.9 Å². The van der Waals surface area contributed by atoms with Crippen LogP contribution < -0.4 is 14.8 Å². The first-order valence-electron chi connectivity index (χ1n) is 10.2. The van der Waals surface area contributed by atoms with E-state index in [-0.39, 0.29) is 24.8 Å². The zero-order valence-corrected chi connectivity index (χ0v) is 17.9. The first-order valence-corrected chi connectivity index (χ1v) is 11.1. The summed E-state index contributed by atoms with van der Waals surface area (Å²) in [6.07, 6.45) is 1.20. The Hall–Kier alpha value is -3.32. The molecule has 2 heterocycles. The lowest BCUT2D eigenvalue weighted by atomic mass is 10.1. The van der Waals surface area contributed by atoms with Gasteiger partial charge in [0.2, 0.25) is 5.91 Å². The number of carbonyl (C=O) groups is 2. The van der Waals surface area contributed by atoms with Crippen molar-refractivity contribution in [3.05, 3.63) is 76.5 Å². The van der Waals surface area contributed by atoms with Crippen LogP contribution in [0.2, 0.25) is 0 Å². The van der Waals surface area contributed by atoms with Crippen LogP contribution in [0.4, 0.5) is 0 Å². The van der Waals surface area contributed by atoms with E-state index >= 15 is 0 Å². The molecule has 1 aromatic heterocycles. The van der Waals surface area contributed by atoms with Gasteiger partial charge < -0.3 is 19.7 Å². The number of hydrogen-bond acceptors (Lipinski definition) is 5. The molecule has 160 valence electrons. The summed E-state index contributed by atoms with van der Waals surface area (Å²) < 4.78 is 11.2. The SMILES string of the molecule is O=C(COc1ccc(Oc2ccccc2)cc1)NCCC(=O)N1CCc2sccc2C1. The van der Waals surface area contributed by atoms with Gasteiger partial charge >= 0.3 is 0 Å². The van der Waals surface area contributed by atoms with Gasteiger partial charge in [0.05, 0.1) is 0 Å². The van der Waals surface area contributed by atoms with Crippen molar-refractivity contribution in [2.75, 3.05) is 19.7 Å². The van der Waals surface area contributed by atoms with Crippen LogP contribution in [0, 0.1) is 0 Å². The fourth-order valence-electron chi connectivity index (χ4n) is 3.36. The maximum absolute atomic E-state index is 12.4. The molecule has 1 aliphatic rings. The quantitative estimate of drug-likeness (QED) is 0.579. The van der Waals surface area contributed by atoms with Crippen molar-refractivity contribution in [2.24, 2.45) is 0 Å². The highest BCUT2D eigenvalue weighted by Crippen LogP contribution is 2.25. The van der Waals surface area contributed by atoms with Crippen LogP contribution in [0.1, 0.15) is 16.9 Å². The smallest absolute Gasteiger partial charge is 0.257 e. The number of thiophene rings is 1. The molecule has 7 heteroatoms. The van der Waals surface area contributed by atoms with Gasteiger partial charge in [-0.25, -0.2) is 0 Å². The normalized spacial score (nSPS) is 12.7. The van der Waals surface area contributed by atoms with Gasteiger partial charge in [-0.2, -0.15) is 0 Å². The van der Waals surface area contributed by atoms with Gasteiger partial charge in [-0.15, -0.1) is 11.3 Å². The fraction of sp³-hybridized carbons (Fsp3) is 0.250. The molecule has 2 amide bonds. The average molecular weight is 437 g/mol. The summed E-state index contributed by atoms with van der Waals surface area (Å²) in [6, 6.07) is 18.7. The summed E-state index contributed by atoms with van der Waals surface area (Å²) in [5.41, 5.74) is 1.24. The second-order valence-electron chi connectivity index (χ2n) is 7.21. The largest absolute Gasteiger partial charge is 0.484 e. The van der Waals surface area contributed by atoms with Crippen LogP contribution in [0.3, 0.4) is 0 Å². The Balaban J connectivity index is 1.15. The predicted octanol–water partition coefficient (Wildman–Crippen LogP) is 4.01. The van der Waals surface area contributed by atoms with E-state index in [0.717, 1.165) is 18.7 Å². The first kappa shape index (κ1) is 20.9. The average Bonchev–Trinajstić information content (AvgIpc) is 3.27. The number of carbonyl (C=O) groups excluding carboxylic acids is 2. The summed E-state index contributed by atoms with van der Waals surface area (Å²) >= 11 is 1.75. The number of rotatable bonds is 8. The molecule has 4 rings (SSSR count). The Morgan fingerprint density at radius 2 is 1.71 bits per heavy atom. The molecule has 6 nitrogen and oxygen atoms in total. The van der Waals surface area contributed by atoms with Gasteiger partial charge in [0.25, 0.3) is 5.91 Å². The molecule has 31 heavy (non-hydrogen) atoms. The topological polar surface area (TPSA) is 67.9 Å². The lowest BCUT2D eigenvalue weighted by molar-refractivity contribution is -0.132. The molecule has 0 bridgehead atoms. The van der Waals surface area contributed by atoms with Gasteiger partial charge in [-0.1, -0.05) is 18.2 Å². The monoisotopic (exact) mass is 436 g/mol. The Kier molecular flexibility index (Phi) is 6.84. The predicted molar refractivity (Wildman–Crippen MR) is 120 cm³/mol. The molecule has 0 unspecified atom stereocenters. The fourth-order valence-corrected chi connectivity index (χ4v) is 4.25. The Morgan fingerprint density at radius 1 is 0.968 bits per heavy atom. The van der Waals surface area contributed by atoms with Crippen molar-refractivity contribution in [2.45, 2.75) is 19.4 Å². The summed E-state index contributed by atoms with van der Waals surface area (Å²) in [5.74, 6) is 1.83. The third-order valence-electron chi connectivity index (χ3n) is 4.99. The maximum Gasteiger partial charge on any atom is 0.257 e. The molecule has 1 N–H and O–H groups in total. The van der Waals surface area contributed by atoms with Crippen molar-refractivity contribution in [3.63, 3.8) is 0 Å². The van der Waals surface area contributed by atoms with Crippen LogP contribution in [-0.4, -0.2) is 36.4 Å². The molecular weight excluding hydrogens is 412 g/mol. The lowest BCUT2D eigenvalue weighted by Crippen LogP contribution is -2.38. The Morgan fingerprint density at radius 3 is 2.52 bits per heavy atom. The number of para-hydroxylation sites is 1. The molecule has 0 saturated heterocycles. The molecule has 0 atom stereocenters. The van der Waals surface area contributed by atoms with Crippen LogP contribution in [-0.2, 0) is 22.6 Å². The van der Waals surface area contributed by atoms with E-state index < -0.39 is 0 Å². The highest BCUT2D eigenvalue weighted by molar-refractivity contribution is 7.10. The second-order valence-corrected chi connectivity index (χ2v) is 8.21. The van der Waals surface area contributed by atoms with E-state index in [2.05, 4.69) is 16.8 Å². The summed E-state index contributed by atoms with van der Waals surface area (Å²) in [4.78, 5) is 27.6. The van der Waals surface area contributed by atoms with Crippen LogP contribution in [0.25, 0.3) is 0 Å². The van der Waals surface area contributed by atoms with Gasteiger partial charge in [0.1, 0.15) is 17.2 Å². The lowest BCUT2D eigenvalue weighted by Gasteiger charge is -2.27. The number of ether oxygens (including phenoxy) is 2. The standard InChI is InChI=1S/C24H24N2O4S/c27-23(25-13-10-24(28)26-14-11-22-18(16-26)12-15-31-22)17-29-19-6-8-21(9-7-19)30-20-4-2-1-3-5-20/h1-9,12,15H,10-11,13-14,16-17H2,(H,25,27). The third-order valence-corrected chi connectivity index (χ3v) is 6.02. The second kappa shape index (κ2) is 10.1. The molecule has 0 saturated carbocycles. The zero-order chi connectivity index (χ0) is 21.5. The maximum atomic E-state index is 12.4. The third kappa shape index (κ3) is 5.86. The van der Waals surface area contributed by atoms with Crippen molar-refractivity contribution in [3.8, 4) is 17.2 Å². The van der Waals surface area contributed by atoms with E-state index in [1.807, 2.05) is 35.2 Å². The molecule has 1 aliphatic heterocycles. The molecule has 0 spiro atoms. The highest BCUT2D eigenvalue weighted by atomic mass is 32.1. The molecule has 3 aromatic rings. The summed E-state index contributed by atoms with van der Waals surface area (Å²) in [7, 11) is 0. The van der Waals surface area contributed by atoms with E-state index in [4.69, 9.17) is 9.47 Å². The number of fused-ring (bicyclic) bond motifs is 1. The minimum absolute atomic E-state index is 0.0621. The van der Waals surface area contributed by atoms with Crippen LogP contribution >= 0.6 is 11.3 Å². The van der Waals surface area contributed by atoms with E-state index in [9.17, 15) is 9.59 Å². The first-order chi connectivity index (χ1) is 15.2. The summed E-state index contributed by atoms with van der Waals surface area (Å²) in [5, 5.41) is 4.82. The van der Waals surface area contributed by atoms with Crippen molar-refractivity contribution >= 4 is 23.2 Å². The van der Waals surface area contributed by atoms with E-state index in [1.165, 1.54) is 10.4 Å². The van der Waals surface area contributed by atoms with Crippen molar-refractivity contribution in [1.29, 1.82) is 0 Å². The summed E-state index contributed by atoms with van der Waals surface area (Å²) in [6.45, 7) is 1.61. The van der Waals surface area contributed by atoms with Gasteiger partial charge in [-0.05, 0) is 59.8 Å². The Bertz CT molecular complexity index is 1020. The number of hydrogen-bond donors (Lipinski definition) is 1. The van der Waals surface area contributed by atoms with Crippen LogP contribution in [0.15, 0.2) is 66.0 Å². The van der Waals surface area contributed by atoms with Crippen molar-refractivity contribution < 1.29 is 19.1 Å². The number of nitrogens with one attached hydrogen (secondary N) is 1. The molecule has 0 aliphatic carbocycles. The number of benzene rings is 2. The highest BCUT2D eigenvalue weighted by Gasteiger charge is 2.21. The number of nitrogens with zero attached hydrogens (tertiary/aromatic N) is 1. The van der Waals surface area contributed by atoms with Crippen molar-refractivity contribution in [1.82, 2.24) is 10.2 Å². The zero-order valence-electron chi connectivity index (χ0n) is 17.1. The Labute approximate surface area is 185 Å². The van der Waals surface area contributed by atoms with Gasteiger partial charge in [-0.3, -0.25) is 9.59 Å². The molecule has 0 radical (unpaired) electrons. The molecular formula is C24H24N2O4S. The molecule has 2 aromatic carbocycles. The molecule has 0 fully saturated rings. The van der Waals surface area contributed by atoms with Crippen LogP contribution in [0.5, 0.6) is 17.2 Å².